The third-order valence-corrected chi connectivity index (χ3v) is 2.15. The molecule has 0 saturated heterocycles. The first kappa shape index (κ1) is 9.82. The number of carboxylic acids is 1. The zero-order valence-corrected chi connectivity index (χ0v) is 7.12. The van der Waals surface area contributed by atoms with Gasteiger partial charge < -0.3 is 5.11 Å². The molecule has 0 unspecified atom stereocenters. The molecule has 0 heterocycles. The van der Waals surface area contributed by atoms with Gasteiger partial charge >= 0.3 is 5.97 Å². The van der Waals surface area contributed by atoms with E-state index in [2.05, 4.69) is 6.92 Å². The SMILES string of the molecule is CCCCCSCC(=O)O. The molecule has 0 spiro atoms. The maximum Gasteiger partial charge on any atom is 0.313 e. The fourth-order valence-electron chi connectivity index (χ4n) is 0.614. The van der Waals surface area contributed by atoms with Gasteiger partial charge in [-0.25, -0.2) is 0 Å². The summed E-state index contributed by atoms with van der Waals surface area (Å²) in [4.78, 5) is 10.0. The van der Waals surface area contributed by atoms with Crippen LogP contribution in [0.15, 0.2) is 0 Å². The first-order valence-corrected chi connectivity index (χ1v) is 4.72. The number of hydrogen-bond donors (Lipinski definition) is 1. The Balaban J connectivity index is 2.84. The molecule has 0 aliphatic carbocycles. The lowest BCUT2D eigenvalue weighted by atomic mass is 10.3. The van der Waals surface area contributed by atoms with Crippen molar-refractivity contribution in [1.82, 2.24) is 0 Å². The van der Waals surface area contributed by atoms with Crippen LogP contribution in [0.5, 0.6) is 0 Å². The van der Waals surface area contributed by atoms with Crippen molar-refractivity contribution in [3.8, 4) is 0 Å². The monoisotopic (exact) mass is 162 g/mol. The summed E-state index contributed by atoms with van der Waals surface area (Å²) in [5, 5.41) is 8.25. The molecular formula is C7H14O2S. The number of carbonyl (C=O) groups is 1. The van der Waals surface area contributed by atoms with Gasteiger partial charge in [-0.1, -0.05) is 19.8 Å². The second-order valence-electron chi connectivity index (χ2n) is 2.15. The van der Waals surface area contributed by atoms with E-state index in [1.54, 1.807) is 0 Å². The fourth-order valence-corrected chi connectivity index (χ4v) is 1.34. The predicted octanol–water partition coefficient (Wildman–Crippen LogP) is 1.99. The van der Waals surface area contributed by atoms with E-state index in [-0.39, 0.29) is 5.75 Å². The van der Waals surface area contributed by atoms with Crippen LogP contribution in [0.3, 0.4) is 0 Å². The van der Waals surface area contributed by atoms with Crippen molar-refractivity contribution in [3.05, 3.63) is 0 Å². The third-order valence-electron chi connectivity index (χ3n) is 1.12. The van der Waals surface area contributed by atoms with E-state index in [1.165, 1.54) is 24.6 Å². The van der Waals surface area contributed by atoms with Gasteiger partial charge in [0.1, 0.15) is 0 Å². The van der Waals surface area contributed by atoms with Gasteiger partial charge in [0, 0.05) is 0 Å². The van der Waals surface area contributed by atoms with Crippen molar-refractivity contribution < 1.29 is 9.90 Å². The Morgan fingerprint density at radius 1 is 1.50 bits per heavy atom. The summed E-state index contributed by atoms with van der Waals surface area (Å²) >= 11 is 1.50. The maximum absolute atomic E-state index is 10.0. The lowest BCUT2D eigenvalue weighted by molar-refractivity contribution is -0.133. The van der Waals surface area contributed by atoms with Crippen molar-refractivity contribution in [2.75, 3.05) is 11.5 Å². The standard InChI is InChI=1S/C7H14O2S/c1-2-3-4-5-10-6-7(8)9/h2-6H2,1H3,(H,8,9). The minimum atomic E-state index is -0.707. The Morgan fingerprint density at radius 3 is 2.70 bits per heavy atom. The Bertz CT molecular complexity index is 93.6. The van der Waals surface area contributed by atoms with Gasteiger partial charge in [-0.05, 0) is 12.2 Å². The van der Waals surface area contributed by atoms with E-state index in [0.717, 1.165) is 12.2 Å². The van der Waals surface area contributed by atoms with Crippen LogP contribution < -0.4 is 0 Å². The Morgan fingerprint density at radius 2 is 2.20 bits per heavy atom. The van der Waals surface area contributed by atoms with E-state index in [1.807, 2.05) is 0 Å². The van der Waals surface area contributed by atoms with E-state index in [4.69, 9.17) is 5.11 Å². The Labute approximate surface area is 66.0 Å². The fraction of sp³-hybridized carbons (Fsp3) is 0.857. The van der Waals surface area contributed by atoms with Gasteiger partial charge in [0.15, 0.2) is 0 Å². The molecule has 0 bridgehead atoms. The summed E-state index contributed by atoms with van der Waals surface area (Å²) < 4.78 is 0. The highest BCUT2D eigenvalue weighted by Gasteiger charge is 1.94. The lowest BCUT2D eigenvalue weighted by Gasteiger charge is -1.95. The average molecular weight is 162 g/mol. The minimum absolute atomic E-state index is 0.254. The molecule has 0 amide bonds. The zero-order chi connectivity index (χ0) is 7.82. The largest absolute Gasteiger partial charge is 0.481 e. The highest BCUT2D eigenvalue weighted by molar-refractivity contribution is 7.99. The molecule has 0 aromatic heterocycles. The van der Waals surface area contributed by atoms with Crippen LogP contribution in [0.2, 0.25) is 0 Å². The topological polar surface area (TPSA) is 37.3 Å². The molecule has 0 aromatic rings. The van der Waals surface area contributed by atoms with E-state index >= 15 is 0 Å². The quantitative estimate of drug-likeness (QED) is 0.607. The van der Waals surface area contributed by atoms with Crippen LogP contribution in [0.4, 0.5) is 0 Å². The van der Waals surface area contributed by atoms with Crippen LogP contribution in [-0.4, -0.2) is 22.6 Å². The molecular weight excluding hydrogens is 148 g/mol. The van der Waals surface area contributed by atoms with Crippen LogP contribution in [0, 0.1) is 0 Å². The van der Waals surface area contributed by atoms with Gasteiger partial charge in [0.2, 0.25) is 0 Å². The van der Waals surface area contributed by atoms with Crippen LogP contribution >= 0.6 is 11.8 Å². The number of thioether (sulfide) groups is 1. The molecule has 10 heavy (non-hydrogen) atoms. The molecule has 0 aromatic carbocycles. The summed E-state index contributed by atoms with van der Waals surface area (Å²) in [6.45, 7) is 2.14. The van der Waals surface area contributed by atoms with Gasteiger partial charge in [0.05, 0.1) is 5.75 Å². The summed E-state index contributed by atoms with van der Waals surface area (Å²) in [6.07, 6.45) is 3.56. The Hall–Kier alpha value is -0.180. The van der Waals surface area contributed by atoms with Crippen molar-refractivity contribution in [3.63, 3.8) is 0 Å². The molecule has 3 heteroatoms. The summed E-state index contributed by atoms with van der Waals surface area (Å²) in [7, 11) is 0. The highest BCUT2D eigenvalue weighted by Crippen LogP contribution is 2.04. The number of aliphatic carboxylic acids is 1. The summed E-state index contributed by atoms with van der Waals surface area (Å²) in [5.41, 5.74) is 0. The molecule has 0 fully saturated rings. The molecule has 2 nitrogen and oxygen atoms in total. The van der Waals surface area contributed by atoms with E-state index < -0.39 is 5.97 Å². The number of rotatable bonds is 6. The van der Waals surface area contributed by atoms with Crippen LogP contribution in [-0.2, 0) is 4.79 Å². The summed E-state index contributed by atoms with van der Waals surface area (Å²) in [6, 6.07) is 0. The van der Waals surface area contributed by atoms with Gasteiger partial charge in [-0.15, -0.1) is 0 Å². The third kappa shape index (κ3) is 7.82. The maximum atomic E-state index is 10.0. The first-order valence-electron chi connectivity index (χ1n) is 3.57. The normalized spacial score (nSPS) is 9.70. The number of unbranched alkanes of at least 4 members (excludes halogenated alkanes) is 2. The Kier molecular flexibility index (Phi) is 6.81. The second-order valence-corrected chi connectivity index (χ2v) is 3.26. The number of carboxylic acid groups (broad SMARTS) is 1. The molecule has 0 radical (unpaired) electrons. The van der Waals surface area contributed by atoms with E-state index in [0.29, 0.717) is 0 Å². The lowest BCUT2D eigenvalue weighted by Crippen LogP contribution is -1.98. The molecule has 0 saturated carbocycles. The average Bonchev–Trinajstić information content (AvgIpc) is 1.87. The van der Waals surface area contributed by atoms with Crippen LogP contribution in [0.1, 0.15) is 26.2 Å². The highest BCUT2D eigenvalue weighted by atomic mass is 32.2. The van der Waals surface area contributed by atoms with Crippen molar-refractivity contribution in [2.45, 2.75) is 26.2 Å². The van der Waals surface area contributed by atoms with E-state index in [9.17, 15) is 4.79 Å². The predicted molar refractivity (Wildman–Crippen MR) is 44.5 cm³/mol. The van der Waals surface area contributed by atoms with Crippen molar-refractivity contribution in [1.29, 1.82) is 0 Å². The minimum Gasteiger partial charge on any atom is -0.481 e. The first-order chi connectivity index (χ1) is 4.77. The molecule has 0 aliphatic rings. The molecule has 0 atom stereocenters. The van der Waals surface area contributed by atoms with Crippen molar-refractivity contribution >= 4 is 17.7 Å². The molecule has 0 rings (SSSR count). The molecule has 60 valence electrons. The van der Waals surface area contributed by atoms with Crippen LogP contribution in [0.25, 0.3) is 0 Å². The smallest absolute Gasteiger partial charge is 0.313 e. The van der Waals surface area contributed by atoms with Gasteiger partial charge in [-0.3, -0.25) is 4.79 Å². The molecule has 1 N–H and O–H groups in total. The van der Waals surface area contributed by atoms with Gasteiger partial charge in [0.25, 0.3) is 0 Å². The zero-order valence-electron chi connectivity index (χ0n) is 6.30. The van der Waals surface area contributed by atoms with Gasteiger partial charge in [-0.2, -0.15) is 11.8 Å². The summed E-state index contributed by atoms with van der Waals surface area (Å²) in [5.74, 6) is 0.533. The number of hydrogen-bond acceptors (Lipinski definition) is 2. The molecule has 0 aliphatic heterocycles. The van der Waals surface area contributed by atoms with Crippen molar-refractivity contribution in [2.24, 2.45) is 0 Å². The second kappa shape index (κ2) is 6.93.